The van der Waals surface area contributed by atoms with Crippen LogP contribution in [0.5, 0.6) is 0 Å². The van der Waals surface area contributed by atoms with E-state index in [4.69, 9.17) is 4.74 Å². The van der Waals surface area contributed by atoms with Crippen molar-refractivity contribution in [3.05, 3.63) is 0 Å². The summed E-state index contributed by atoms with van der Waals surface area (Å²) >= 11 is 0. The van der Waals surface area contributed by atoms with Crippen LogP contribution in [0.3, 0.4) is 0 Å². The fraction of sp³-hybridized carbons (Fsp3) is 0.727. The van der Waals surface area contributed by atoms with E-state index >= 15 is 0 Å². The standard InChI is InChI=1S/C11H17NO5/c1-4-17-10(14)9-7(2)12(11(15)16-3)6-5-8(9)13/h7,9H,4-6H2,1-3H3. The number of carbonyl (C=O) groups excluding carboxylic acids is 3. The summed E-state index contributed by atoms with van der Waals surface area (Å²) in [7, 11) is 1.27. The van der Waals surface area contributed by atoms with Gasteiger partial charge in [-0.05, 0) is 13.8 Å². The molecule has 0 N–H and O–H groups in total. The van der Waals surface area contributed by atoms with Crippen molar-refractivity contribution in [2.24, 2.45) is 5.92 Å². The second-order valence-electron chi connectivity index (χ2n) is 3.85. The van der Waals surface area contributed by atoms with Gasteiger partial charge in [0.1, 0.15) is 5.92 Å². The lowest BCUT2D eigenvalue weighted by Crippen LogP contribution is -2.53. The molecule has 1 rings (SSSR count). The number of carbonyl (C=O) groups is 3. The molecule has 1 amide bonds. The topological polar surface area (TPSA) is 72.9 Å². The van der Waals surface area contributed by atoms with Gasteiger partial charge in [-0.25, -0.2) is 4.79 Å². The molecule has 96 valence electrons. The van der Waals surface area contributed by atoms with Crippen molar-refractivity contribution in [1.82, 2.24) is 4.90 Å². The highest BCUT2D eigenvalue weighted by molar-refractivity contribution is 6.01. The molecule has 6 nitrogen and oxygen atoms in total. The van der Waals surface area contributed by atoms with E-state index < -0.39 is 24.0 Å². The number of Topliss-reactive ketones (excluding diaryl/α,β-unsaturated/α-hetero) is 1. The SMILES string of the molecule is CCOC(=O)C1C(=O)CCN(C(=O)OC)C1C. The zero-order chi connectivity index (χ0) is 13.0. The van der Waals surface area contributed by atoms with Crippen LogP contribution in [0, 0.1) is 5.92 Å². The summed E-state index contributed by atoms with van der Waals surface area (Å²) in [6.45, 7) is 3.82. The van der Waals surface area contributed by atoms with Crippen LogP contribution in [-0.4, -0.2) is 49.0 Å². The molecule has 6 heteroatoms. The van der Waals surface area contributed by atoms with Gasteiger partial charge in [-0.2, -0.15) is 0 Å². The first kappa shape index (κ1) is 13.5. The van der Waals surface area contributed by atoms with E-state index in [0.717, 1.165) is 0 Å². The Balaban J connectivity index is 2.83. The molecule has 0 saturated carbocycles. The van der Waals surface area contributed by atoms with Gasteiger partial charge in [0.25, 0.3) is 0 Å². The third kappa shape index (κ3) is 2.75. The number of likely N-dealkylation sites (tertiary alicyclic amines) is 1. The van der Waals surface area contributed by atoms with Crippen molar-refractivity contribution in [2.75, 3.05) is 20.3 Å². The van der Waals surface area contributed by atoms with E-state index in [9.17, 15) is 14.4 Å². The van der Waals surface area contributed by atoms with Crippen LogP contribution in [-0.2, 0) is 19.1 Å². The third-order valence-electron chi connectivity index (χ3n) is 2.87. The number of piperidine rings is 1. The molecule has 1 saturated heterocycles. The largest absolute Gasteiger partial charge is 0.465 e. The molecule has 2 unspecified atom stereocenters. The first-order valence-electron chi connectivity index (χ1n) is 5.56. The molecule has 1 aliphatic heterocycles. The molecule has 1 fully saturated rings. The van der Waals surface area contributed by atoms with Crippen LogP contribution in [0.4, 0.5) is 4.79 Å². The summed E-state index contributed by atoms with van der Waals surface area (Å²) in [5.74, 6) is -1.66. The summed E-state index contributed by atoms with van der Waals surface area (Å²) in [5.41, 5.74) is 0. The third-order valence-corrected chi connectivity index (χ3v) is 2.87. The van der Waals surface area contributed by atoms with Crippen molar-refractivity contribution >= 4 is 17.8 Å². The average Bonchev–Trinajstić information content (AvgIpc) is 2.28. The quantitative estimate of drug-likeness (QED) is 0.524. The summed E-state index contributed by atoms with van der Waals surface area (Å²) in [5, 5.41) is 0. The lowest BCUT2D eigenvalue weighted by molar-refractivity contribution is -0.155. The summed E-state index contributed by atoms with van der Waals surface area (Å²) in [6.07, 6.45) is -0.373. The predicted octanol–water partition coefficient (Wildman–Crippen LogP) is 0.595. The normalized spacial score (nSPS) is 24.4. The van der Waals surface area contributed by atoms with Crippen LogP contribution in [0.1, 0.15) is 20.3 Å². The number of ether oxygens (including phenoxy) is 2. The van der Waals surface area contributed by atoms with Gasteiger partial charge in [0.15, 0.2) is 5.78 Å². The van der Waals surface area contributed by atoms with Gasteiger partial charge in [-0.1, -0.05) is 0 Å². The number of rotatable bonds is 2. The predicted molar refractivity (Wildman–Crippen MR) is 58.3 cm³/mol. The van der Waals surface area contributed by atoms with Crippen LogP contribution in [0.2, 0.25) is 0 Å². The molecular formula is C11H17NO5. The monoisotopic (exact) mass is 243 g/mol. The molecule has 0 aromatic rings. The minimum absolute atomic E-state index is 0.156. The Hall–Kier alpha value is -1.59. The maximum Gasteiger partial charge on any atom is 0.409 e. The minimum atomic E-state index is -0.900. The molecule has 1 aliphatic rings. The Kier molecular flexibility index (Phi) is 4.48. The maximum absolute atomic E-state index is 11.7. The second kappa shape index (κ2) is 5.65. The average molecular weight is 243 g/mol. The highest BCUT2D eigenvalue weighted by Gasteiger charge is 2.42. The number of esters is 1. The highest BCUT2D eigenvalue weighted by atomic mass is 16.5. The minimum Gasteiger partial charge on any atom is -0.465 e. The fourth-order valence-corrected chi connectivity index (χ4v) is 1.97. The van der Waals surface area contributed by atoms with E-state index in [1.165, 1.54) is 12.0 Å². The molecular weight excluding hydrogens is 226 g/mol. The zero-order valence-corrected chi connectivity index (χ0v) is 10.3. The number of hydrogen-bond acceptors (Lipinski definition) is 5. The zero-order valence-electron chi connectivity index (χ0n) is 10.3. The number of ketones is 1. The smallest absolute Gasteiger partial charge is 0.409 e. The summed E-state index contributed by atoms with van der Waals surface area (Å²) < 4.78 is 9.45. The van der Waals surface area contributed by atoms with E-state index in [-0.39, 0.29) is 25.4 Å². The fourth-order valence-electron chi connectivity index (χ4n) is 1.97. The molecule has 0 spiro atoms. The van der Waals surface area contributed by atoms with Gasteiger partial charge in [-0.15, -0.1) is 0 Å². The number of methoxy groups -OCH3 is 1. The van der Waals surface area contributed by atoms with E-state index in [2.05, 4.69) is 4.74 Å². The van der Waals surface area contributed by atoms with Crippen LogP contribution < -0.4 is 0 Å². The van der Waals surface area contributed by atoms with Gasteiger partial charge in [0.2, 0.25) is 0 Å². The lowest BCUT2D eigenvalue weighted by Gasteiger charge is -2.35. The first-order chi connectivity index (χ1) is 8.02. The highest BCUT2D eigenvalue weighted by Crippen LogP contribution is 2.22. The Labute approximate surface area is 99.9 Å². The van der Waals surface area contributed by atoms with E-state index in [0.29, 0.717) is 0 Å². The van der Waals surface area contributed by atoms with E-state index in [1.807, 2.05) is 0 Å². The molecule has 0 aromatic carbocycles. The Bertz CT molecular complexity index is 328. The van der Waals surface area contributed by atoms with Crippen LogP contribution in [0.15, 0.2) is 0 Å². The van der Waals surface area contributed by atoms with Crippen LogP contribution >= 0.6 is 0 Å². The number of amides is 1. The molecule has 17 heavy (non-hydrogen) atoms. The van der Waals surface area contributed by atoms with Gasteiger partial charge in [0, 0.05) is 13.0 Å². The molecule has 1 heterocycles. The van der Waals surface area contributed by atoms with Crippen LogP contribution in [0.25, 0.3) is 0 Å². The number of nitrogens with zero attached hydrogens (tertiary/aromatic N) is 1. The maximum atomic E-state index is 11.7. The Morgan fingerprint density at radius 2 is 2.12 bits per heavy atom. The van der Waals surface area contributed by atoms with Gasteiger partial charge in [0.05, 0.1) is 19.8 Å². The summed E-state index contributed by atoms with van der Waals surface area (Å²) in [6, 6.07) is -0.525. The lowest BCUT2D eigenvalue weighted by atomic mass is 9.89. The first-order valence-corrected chi connectivity index (χ1v) is 5.56. The summed E-state index contributed by atoms with van der Waals surface area (Å²) in [4.78, 5) is 36.2. The molecule has 0 bridgehead atoms. The van der Waals surface area contributed by atoms with Gasteiger partial charge in [-0.3, -0.25) is 9.59 Å². The molecule has 0 aromatic heterocycles. The molecule has 0 aliphatic carbocycles. The van der Waals surface area contributed by atoms with Crippen molar-refractivity contribution in [2.45, 2.75) is 26.3 Å². The van der Waals surface area contributed by atoms with Gasteiger partial charge < -0.3 is 14.4 Å². The number of hydrogen-bond donors (Lipinski definition) is 0. The van der Waals surface area contributed by atoms with Gasteiger partial charge >= 0.3 is 12.1 Å². The van der Waals surface area contributed by atoms with E-state index in [1.54, 1.807) is 13.8 Å². The van der Waals surface area contributed by atoms with Crippen molar-refractivity contribution in [3.8, 4) is 0 Å². The van der Waals surface area contributed by atoms with Crippen molar-refractivity contribution in [1.29, 1.82) is 0 Å². The molecule has 0 radical (unpaired) electrons. The second-order valence-corrected chi connectivity index (χ2v) is 3.85. The Morgan fingerprint density at radius 3 is 2.65 bits per heavy atom. The molecule has 2 atom stereocenters. The Morgan fingerprint density at radius 1 is 1.47 bits per heavy atom. The van der Waals surface area contributed by atoms with Crippen molar-refractivity contribution in [3.63, 3.8) is 0 Å². The van der Waals surface area contributed by atoms with Crippen molar-refractivity contribution < 1.29 is 23.9 Å².